The number of amides is 1. The molecule has 1 amide bonds. The molecule has 5 rings (SSSR count). The first kappa shape index (κ1) is 25.7. The van der Waals surface area contributed by atoms with Crippen LogP contribution >= 0.6 is 11.6 Å². The topological polar surface area (TPSA) is 96.9 Å². The van der Waals surface area contributed by atoms with E-state index >= 15 is 0 Å². The summed E-state index contributed by atoms with van der Waals surface area (Å²) in [6.45, 7) is 2.17. The standard InChI is InChI=1S/C31H23ClN4O3/c1-20-10-13-25(14-11-20)36-30(38)26-15-12-21(29(37)34-18-23-7-4-5-9-27(23)32)16-28(26)35(31(36)39)19-24-8-3-2-6-22(24)17-33/h2-16H,18-19H2,1H3,(H,34,37). The van der Waals surface area contributed by atoms with E-state index in [0.717, 1.165) is 15.7 Å². The molecule has 4 aromatic carbocycles. The first-order valence-electron chi connectivity index (χ1n) is 12.2. The van der Waals surface area contributed by atoms with Crippen LogP contribution in [0.1, 0.15) is 32.6 Å². The molecule has 0 fully saturated rings. The van der Waals surface area contributed by atoms with Gasteiger partial charge in [0.25, 0.3) is 11.5 Å². The molecule has 0 aliphatic rings. The lowest BCUT2D eigenvalue weighted by Gasteiger charge is -2.16. The van der Waals surface area contributed by atoms with Crippen molar-refractivity contribution >= 4 is 28.4 Å². The fourth-order valence-electron chi connectivity index (χ4n) is 4.44. The maximum absolute atomic E-state index is 13.9. The summed E-state index contributed by atoms with van der Waals surface area (Å²) < 4.78 is 2.55. The third-order valence-corrected chi connectivity index (χ3v) is 6.93. The van der Waals surface area contributed by atoms with Gasteiger partial charge < -0.3 is 5.32 Å². The highest BCUT2D eigenvalue weighted by molar-refractivity contribution is 6.31. The summed E-state index contributed by atoms with van der Waals surface area (Å²) in [5.41, 5.74) is 2.73. The quantitative estimate of drug-likeness (QED) is 0.333. The van der Waals surface area contributed by atoms with Crippen LogP contribution in [-0.4, -0.2) is 15.0 Å². The van der Waals surface area contributed by atoms with E-state index in [2.05, 4.69) is 11.4 Å². The summed E-state index contributed by atoms with van der Waals surface area (Å²) in [6, 6.07) is 28.1. The van der Waals surface area contributed by atoms with Crippen LogP contribution in [0.4, 0.5) is 0 Å². The summed E-state index contributed by atoms with van der Waals surface area (Å²) in [5.74, 6) is -0.379. The van der Waals surface area contributed by atoms with Gasteiger partial charge in [-0.25, -0.2) is 9.36 Å². The highest BCUT2D eigenvalue weighted by atomic mass is 35.5. The van der Waals surface area contributed by atoms with Crippen molar-refractivity contribution in [1.29, 1.82) is 5.26 Å². The van der Waals surface area contributed by atoms with E-state index in [-0.39, 0.29) is 29.9 Å². The maximum Gasteiger partial charge on any atom is 0.336 e. The van der Waals surface area contributed by atoms with Crippen molar-refractivity contribution in [3.05, 3.63) is 145 Å². The number of nitriles is 1. The molecule has 1 N–H and O–H groups in total. The van der Waals surface area contributed by atoms with E-state index in [0.29, 0.717) is 27.4 Å². The lowest BCUT2D eigenvalue weighted by atomic mass is 10.1. The Kier molecular flexibility index (Phi) is 7.13. The van der Waals surface area contributed by atoms with Gasteiger partial charge >= 0.3 is 5.69 Å². The van der Waals surface area contributed by atoms with Crippen LogP contribution in [0.25, 0.3) is 16.6 Å². The molecule has 7 nitrogen and oxygen atoms in total. The van der Waals surface area contributed by atoms with E-state index in [1.54, 1.807) is 54.6 Å². The molecule has 0 saturated carbocycles. The monoisotopic (exact) mass is 534 g/mol. The molecule has 0 bridgehead atoms. The molecule has 0 atom stereocenters. The molecule has 0 unspecified atom stereocenters. The van der Waals surface area contributed by atoms with E-state index in [4.69, 9.17) is 11.6 Å². The third kappa shape index (κ3) is 5.11. The van der Waals surface area contributed by atoms with Gasteiger partial charge in [-0.2, -0.15) is 5.26 Å². The minimum atomic E-state index is -0.572. The highest BCUT2D eigenvalue weighted by Crippen LogP contribution is 2.18. The summed E-state index contributed by atoms with van der Waals surface area (Å²) in [4.78, 5) is 40.5. The maximum atomic E-state index is 13.9. The molecular weight excluding hydrogens is 512 g/mol. The summed E-state index contributed by atoms with van der Waals surface area (Å²) in [6.07, 6.45) is 0. The number of rotatable bonds is 6. The minimum Gasteiger partial charge on any atom is -0.348 e. The number of aromatic nitrogens is 2. The van der Waals surface area contributed by atoms with Crippen LogP contribution in [-0.2, 0) is 13.1 Å². The van der Waals surface area contributed by atoms with Gasteiger partial charge in [-0.15, -0.1) is 0 Å². The number of hydrogen-bond donors (Lipinski definition) is 1. The number of aryl methyl sites for hydroxylation is 1. The number of nitrogens with one attached hydrogen (secondary N) is 1. The Hall–Kier alpha value is -4.93. The van der Waals surface area contributed by atoms with Gasteiger partial charge in [0.05, 0.1) is 34.8 Å². The lowest BCUT2D eigenvalue weighted by Crippen LogP contribution is -2.39. The van der Waals surface area contributed by atoms with Gasteiger partial charge in [0.1, 0.15) is 0 Å². The Morgan fingerprint density at radius 2 is 1.62 bits per heavy atom. The van der Waals surface area contributed by atoms with Crippen molar-refractivity contribution in [2.45, 2.75) is 20.0 Å². The summed E-state index contributed by atoms with van der Waals surface area (Å²) in [5, 5.41) is 13.3. The van der Waals surface area contributed by atoms with Crippen LogP contribution in [0.5, 0.6) is 0 Å². The molecule has 0 radical (unpaired) electrons. The van der Waals surface area contributed by atoms with Crippen molar-refractivity contribution in [3.8, 4) is 11.8 Å². The van der Waals surface area contributed by atoms with E-state index in [9.17, 15) is 19.6 Å². The van der Waals surface area contributed by atoms with E-state index < -0.39 is 11.2 Å². The summed E-state index contributed by atoms with van der Waals surface area (Å²) in [7, 11) is 0. The average molecular weight is 535 g/mol. The molecular formula is C31H23ClN4O3. The molecule has 0 spiro atoms. The minimum absolute atomic E-state index is 0.0376. The Labute approximate surface area is 229 Å². The number of carbonyl (C=O) groups is 1. The number of carbonyl (C=O) groups excluding carboxylic acids is 1. The van der Waals surface area contributed by atoms with Crippen molar-refractivity contribution in [2.75, 3.05) is 0 Å². The zero-order valence-corrected chi connectivity index (χ0v) is 21.8. The Morgan fingerprint density at radius 1 is 0.923 bits per heavy atom. The highest BCUT2D eigenvalue weighted by Gasteiger charge is 2.18. The van der Waals surface area contributed by atoms with Crippen LogP contribution in [0, 0.1) is 18.3 Å². The van der Waals surface area contributed by atoms with Gasteiger partial charge in [0, 0.05) is 17.1 Å². The van der Waals surface area contributed by atoms with Gasteiger partial charge in [0.15, 0.2) is 0 Å². The molecule has 5 aromatic rings. The van der Waals surface area contributed by atoms with Gasteiger partial charge in [0.2, 0.25) is 0 Å². The fraction of sp³-hybridized carbons (Fsp3) is 0.0968. The van der Waals surface area contributed by atoms with E-state index in [1.165, 1.54) is 10.6 Å². The molecule has 0 aliphatic carbocycles. The van der Waals surface area contributed by atoms with Gasteiger partial charge in [-0.05, 0) is 60.5 Å². The second-order valence-corrected chi connectivity index (χ2v) is 9.53. The average Bonchev–Trinajstić information content (AvgIpc) is 2.95. The third-order valence-electron chi connectivity index (χ3n) is 6.56. The largest absolute Gasteiger partial charge is 0.348 e. The van der Waals surface area contributed by atoms with Crippen molar-refractivity contribution in [3.63, 3.8) is 0 Å². The zero-order valence-electron chi connectivity index (χ0n) is 21.0. The van der Waals surface area contributed by atoms with Gasteiger partial charge in [-0.3, -0.25) is 14.2 Å². The number of nitrogens with zero attached hydrogens (tertiary/aromatic N) is 3. The second-order valence-electron chi connectivity index (χ2n) is 9.12. The number of halogens is 1. The molecule has 8 heteroatoms. The molecule has 0 saturated heterocycles. The predicted molar refractivity (Wildman–Crippen MR) is 151 cm³/mol. The van der Waals surface area contributed by atoms with Crippen LogP contribution < -0.4 is 16.6 Å². The fourth-order valence-corrected chi connectivity index (χ4v) is 4.64. The molecule has 0 aliphatic heterocycles. The van der Waals surface area contributed by atoms with Crippen LogP contribution in [0.15, 0.2) is 101 Å². The zero-order chi connectivity index (χ0) is 27.5. The molecule has 192 valence electrons. The second kappa shape index (κ2) is 10.8. The molecule has 1 aromatic heterocycles. The predicted octanol–water partition coefficient (Wildman–Crippen LogP) is 4.96. The van der Waals surface area contributed by atoms with Crippen molar-refractivity contribution < 1.29 is 4.79 Å². The van der Waals surface area contributed by atoms with E-state index in [1.807, 2.05) is 37.3 Å². The van der Waals surface area contributed by atoms with Crippen molar-refractivity contribution in [2.24, 2.45) is 0 Å². The molecule has 39 heavy (non-hydrogen) atoms. The normalized spacial score (nSPS) is 10.8. The Balaban J connectivity index is 1.65. The van der Waals surface area contributed by atoms with Gasteiger partial charge in [-0.1, -0.05) is 65.7 Å². The van der Waals surface area contributed by atoms with Crippen LogP contribution in [0.3, 0.4) is 0 Å². The van der Waals surface area contributed by atoms with Crippen molar-refractivity contribution in [1.82, 2.24) is 14.5 Å². The van der Waals surface area contributed by atoms with Crippen LogP contribution in [0.2, 0.25) is 5.02 Å². The number of fused-ring (bicyclic) bond motifs is 1. The SMILES string of the molecule is Cc1ccc(-n2c(=O)c3ccc(C(=O)NCc4ccccc4Cl)cc3n(Cc3ccccc3C#N)c2=O)cc1. The Morgan fingerprint density at radius 3 is 2.33 bits per heavy atom. The smallest absolute Gasteiger partial charge is 0.336 e. The molecule has 1 heterocycles. The number of hydrogen-bond acceptors (Lipinski definition) is 4. The number of benzene rings is 4. The first-order chi connectivity index (χ1) is 18.9. The Bertz CT molecular complexity index is 1880. The first-order valence-corrected chi connectivity index (χ1v) is 12.6. The summed E-state index contributed by atoms with van der Waals surface area (Å²) >= 11 is 6.21. The lowest BCUT2D eigenvalue weighted by molar-refractivity contribution is 0.0951.